The van der Waals surface area contributed by atoms with Crippen LogP contribution in [0.5, 0.6) is 0 Å². The number of fused-ring (bicyclic) bond motifs is 5. The van der Waals surface area contributed by atoms with E-state index in [0.717, 1.165) is 0 Å². The summed E-state index contributed by atoms with van der Waals surface area (Å²) in [5.74, 6) is 0. The van der Waals surface area contributed by atoms with Crippen LogP contribution in [0.4, 0.5) is 0 Å². The van der Waals surface area contributed by atoms with Gasteiger partial charge in [-0.25, -0.2) is 0 Å². The summed E-state index contributed by atoms with van der Waals surface area (Å²) in [6.45, 7) is 0. The van der Waals surface area contributed by atoms with Crippen molar-refractivity contribution in [1.82, 2.24) is 0 Å². The fraction of sp³-hybridized carbons (Fsp3) is 0. The van der Waals surface area contributed by atoms with Gasteiger partial charge in [-0.3, -0.25) is 0 Å². The molecule has 0 saturated heterocycles. The Bertz CT molecular complexity index is 1020. The number of benzene rings is 4. The first-order valence-electron chi connectivity index (χ1n) is 7.64. The Balaban J connectivity index is 1.75. The van der Waals surface area contributed by atoms with Crippen LogP contribution in [0.15, 0.2) is 84.9 Å². The van der Waals surface area contributed by atoms with Crippen LogP contribution in [0.3, 0.4) is 0 Å². The molecule has 0 spiro atoms. The molecule has 0 atom stereocenters. The Labute approximate surface area is 129 Å². The maximum Gasteiger partial charge on any atom is -0.00204 e. The van der Waals surface area contributed by atoms with Crippen LogP contribution in [0.1, 0.15) is 0 Å². The molecule has 5 rings (SSSR count). The molecule has 4 aromatic rings. The lowest BCUT2D eigenvalue weighted by molar-refractivity contribution is 1.51. The summed E-state index contributed by atoms with van der Waals surface area (Å²) in [4.78, 5) is 0. The molecule has 0 aliphatic heterocycles. The summed E-state index contributed by atoms with van der Waals surface area (Å²) < 4.78 is 0. The lowest BCUT2D eigenvalue weighted by Gasteiger charge is -2.26. The Morgan fingerprint density at radius 2 is 1.09 bits per heavy atom. The van der Waals surface area contributed by atoms with Gasteiger partial charge in [0, 0.05) is 0 Å². The van der Waals surface area contributed by atoms with Gasteiger partial charge in [-0.05, 0) is 50.2 Å². The van der Waals surface area contributed by atoms with Gasteiger partial charge in [0.05, 0.1) is 0 Å². The van der Waals surface area contributed by atoms with E-state index in [2.05, 4.69) is 84.9 Å². The molecule has 0 fully saturated rings. The van der Waals surface area contributed by atoms with Crippen LogP contribution in [0.2, 0.25) is 0 Å². The van der Waals surface area contributed by atoms with Crippen molar-refractivity contribution in [3.05, 3.63) is 84.9 Å². The zero-order valence-corrected chi connectivity index (χ0v) is 12.1. The minimum atomic E-state index is 1.29. The Kier molecular flexibility index (Phi) is 2.31. The highest BCUT2D eigenvalue weighted by molar-refractivity contribution is 6.09. The van der Waals surface area contributed by atoms with Crippen molar-refractivity contribution >= 4 is 10.8 Å². The molecule has 0 bridgehead atoms. The molecular weight excluding hydrogens is 264 g/mol. The van der Waals surface area contributed by atoms with Crippen LogP contribution in [0.25, 0.3) is 44.2 Å². The molecule has 0 heterocycles. The third-order valence-corrected chi connectivity index (χ3v) is 4.61. The van der Waals surface area contributed by atoms with Gasteiger partial charge in [0.2, 0.25) is 0 Å². The summed E-state index contributed by atoms with van der Waals surface area (Å²) in [6.07, 6.45) is 0. The van der Waals surface area contributed by atoms with E-state index in [1.54, 1.807) is 0 Å². The molecule has 22 heavy (non-hydrogen) atoms. The maximum atomic E-state index is 2.30. The first kappa shape index (κ1) is 11.8. The third kappa shape index (κ3) is 1.52. The van der Waals surface area contributed by atoms with Crippen molar-refractivity contribution in [1.29, 1.82) is 0 Å². The van der Waals surface area contributed by atoms with Crippen LogP contribution in [-0.4, -0.2) is 0 Å². The van der Waals surface area contributed by atoms with E-state index >= 15 is 0 Å². The molecule has 0 N–H and O–H groups in total. The van der Waals surface area contributed by atoms with Gasteiger partial charge in [0.1, 0.15) is 0 Å². The van der Waals surface area contributed by atoms with Crippen molar-refractivity contribution in [3.8, 4) is 33.4 Å². The van der Waals surface area contributed by atoms with Gasteiger partial charge in [-0.15, -0.1) is 0 Å². The minimum Gasteiger partial charge on any atom is -0.0616 e. The second kappa shape index (κ2) is 4.32. The summed E-state index contributed by atoms with van der Waals surface area (Å²) in [7, 11) is 0. The average molecular weight is 278 g/mol. The minimum absolute atomic E-state index is 1.29. The van der Waals surface area contributed by atoms with Crippen LogP contribution >= 0.6 is 0 Å². The largest absolute Gasteiger partial charge is 0.0616 e. The SMILES string of the molecule is c1ccc2c(c1)-c1cccc(-c3ccc4ccccc4c3)c1-2. The van der Waals surface area contributed by atoms with Gasteiger partial charge >= 0.3 is 0 Å². The molecule has 0 unspecified atom stereocenters. The molecule has 0 saturated carbocycles. The normalized spacial score (nSPS) is 11.6. The summed E-state index contributed by atoms with van der Waals surface area (Å²) in [6, 6.07) is 30.6. The molecular formula is C22H14. The number of hydrogen-bond donors (Lipinski definition) is 0. The molecule has 1 aliphatic carbocycles. The molecule has 0 aromatic heterocycles. The van der Waals surface area contributed by atoms with Gasteiger partial charge < -0.3 is 0 Å². The maximum absolute atomic E-state index is 2.30. The second-order valence-corrected chi connectivity index (χ2v) is 5.84. The molecule has 4 aromatic carbocycles. The van der Waals surface area contributed by atoms with E-state index in [4.69, 9.17) is 0 Å². The van der Waals surface area contributed by atoms with Crippen LogP contribution < -0.4 is 0 Å². The predicted molar refractivity (Wildman–Crippen MR) is 93.8 cm³/mol. The fourth-order valence-electron chi connectivity index (χ4n) is 3.54. The second-order valence-electron chi connectivity index (χ2n) is 5.84. The zero-order chi connectivity index (χ0) is 14.5. The summed E-state index contributed by atoms with van der Waals surface area (Å²) in [5, 5.41) is 2.59. The van der Waals surface area contributed by atoms with E-state index in [9.17, 15) is 0 Å². The first-order chi connectivity index (χ1) is 10.9. The van der Waals surface area contributed by atoms with Crippen molar-refractivity contribution in [2.75, 3.05) is 0 Å². The van der Waals surface area contributed by atoms with E-state index in [0.29, 0.717) is 0 Å². The quantitative estimate of drug-likeness (QED) is 0.345. The molecule has 0 radical (unpaired) electrons. The highest BCUT2D eigenvalue weighted by atomic mass is 14.3. The summed E-state index contributed by atoms with van der Waals surface area (Å²) >= 11 is 0. The van der Waals surface area contributed by atoms with E-state index in [-0.39, 0.29) is 0 Å². The predicted octanol–water partition coefficient (Wildman–Crippen LogP) is 6.15. The molecule has 0 heteroatoms. The van der Waals surface area contributed by atoms with Crippen LogP contribution in [0, 0.1) is 0 Å². The van der Waals surface area contributed by atoms with E-state index in [1.165, 1.54) is 44.2 Å². The number of hydrogen-bond acceptors (Lipinski definition) is 0. The fourth-order valence-corrected chi connectivity index (χ4v) is 3.54. The van der Waals surface area contributed by atoms with Crippen molar-refractivity contribution in [2.24, 2.45) is 0 Å². The van der Waals surface area contributed by atoms with Crippen molar-refractivity contribution < 1.29 is 0 Å². The Hall–Kier alpha value is -2.86. The van der Waals surface area contributed by atoms with Crippen LogP contribution in [-0.2, 0) is 0 Å². The molecule has 0 nitrogen and oxygen atoms in total. The van der Waals surface area contributed by atoms with Gasteiger partial charge in [0.25, 0.3) is 0 Å². The van der Waals surface area contributed by atoms with E-state index in [1.807, 2.05) is 0 Å². The Morgan fingerprint density at radius 3 is 2.00 bits per heavy atom. The third-order valence-electron chi connectivity index (χ3n) is 4.61. The molecule has 0 amide bonds. The average Bonchev–Trinajstić information content (AvgIpc) is 2.58. The van der Waals surface area contributed by atoms with Gasteiger partial charge in [0.15, 0.2) is 0 Å². The standard InChI is InChI=1S/C22H14/c1-2-7-16-14-17(13-12-15(16)6-1)18-10-5-11-21-19-8-3-4-9-20(19)22(18)21/h1-14H. The highest BCUT2D eigenvalue weighted by Gasteiger charge is 2.24. The summed E-state index contributed by atoms with van der Waals surface area (Å²) in [5.41, 5.74) is 8.16. The van der Waals surface area contributed by atoms with E-state index < -0.39 is 0 Å². The monoisotopic (exact) mass is 278 g/mol. The number of rotatable bonds is 1. The van der Waals surface area contributed by atoms with Crippen molar-refractivity contribution in [3.63, 3.8) is 0 Å². The van der Waals surface area contributed by atoms with Gasteiger partial charge in [-0.2, -0.15) is 0 Å². The molecule has 102 valence electrons. The topological polar surface area (TPSA) is 0 Å². The lowest BCUT2D eigenvalue weighted by Crippen LogP contribution is -2.00. The van der Waals surface area contributed by atoms with Gasteiger partial charge in [-0.1, -0.05) is 78.9 Å². The molecule has 1 aliphatic rings. The highest BCUT2D eigenvalue weighted by Crippen LogP contribution is 2.51. The Morgan fingerprint density at radius 1 is 0.409 bits per heavy atom. The first-order valence-corrected chi connectivity index (χ1v) is 7.64. The zero-order valence-electron chi connectivity index (χ0n) is 12.1. The smallest absolute Gasteiger partial charge is 0.00204 e. The lowest BCUT2D eigenvalue weighted by atomic mass is 9.76. The van der Waals surface area contributed by atoms with Crippen molar-refractivity contribution in [2.45, 2.75) is 0 Å².